The zero-order valence-corrected chi connectivity index (χ0v) is 42.5. The number of hydrogen-bond acceptors (Lipinski definition) is 12. The molecular formula is C53H72N14O9. The largest absolute Gasteiger partial charge is 0.508 e. The van der Waals surface area contributed by atoms with Crippen molar-refractivity contribution in [3.05, 3.63) is 131 Å². The van der Waals surface area contributed by atoms with Gasteiger partial charge in [0, 0.05) is 38.8 Å². The molecule has 0 aromatic heterocycles. The van der Waals surface area contributed by atoms with Crippen molar-refractivity contribution in [3.63, 3.8) is 0 Å². The Hall–Kier alpha value is -8.73. The van der Waals surface area contributed by atoms with Crippen LogP contribution in [0.15, 0.2) is 119 Å². The van der Waals surface area contributed by atoms with Gasteiger partial charge in [-0.15, -0.1) is 0 Å². The molecule has 0 fully saturated rings. The first-order chi connectivity index (χ1) is 36.3. The molecule has 23 nitrogen and oxygen atoms in total. The van der Waals surface area contributed by atoms with Crippen LogP contribution in [-0.4, -0.2) is 119 Å². The molecule has 0 radical (unpaired) electrons. The normalized spacial score (nSPS) is 13.2. The van der Waals surface area contributed by atoms with Crippen LogP contribution >= 0.6 is 0 Å². The number of carbonyl (C=O) groups is 7. The molecule has 7 amide bonds. The number of amides is 7. The maximum absolute atomic E-state index is 15.0. The highest BCUT2D eigenvalue weighted by molar-refractivity contribution is 5.97. The molecule has 0 saturated carbocycles. The van der Waals surface area contributed by atoms with E-state index in [4.69, 9.17) is 34.4 Å². The molecule has 0 aliphatic heterocycles. The molecule has 4 aromatic carbocycles. The van der Waals surface area contributed by atoms with Gasteiger partial charge in [-0.05, 0) is 98.0 Å². The van der Waals surface area contributed by atoms with E-state index >= 15 is 0 Å². The number of unbranched alkanes of at least 4 members (excludes halogenated alkanes) is 1. The minimum absolute atomic E-state index is 0.0335. The summed E-state index contributed by atoms with van der Waals surface area (Å²) in [5, 5.41) is 36.6. The topological polar surface area (TPSA) is 413 Å². The number of phenols is 2. The lowest BCUT2D eigenvalue weighted by Gasteiger charge is -2.31. The van der Waals surface area contributed by atoms with Crippen molar-refractivity contribution < 1.29 is 43.8 Å². The van der Waals surface area contributed by atoms with Gasteiger partial charge in [-0.3, -0.25) is 43.5 Å². The summed E-state index contributed by atoms with van der Waals surface area (Å²) in [5.74, 6) is -6.72. The highest BCUT2D eigenvalue weighted by Crippen LogP contribution is 2.29. The average Bonchev–Trinajstić information content (AvgIpc) is 3.38. The lowest BCUT2D eigenvalue weighted by atomic mass is 9.84. The summed E-state index contributed by atoms with van der Waals surface area (Å²) in [6.45, 7) is 1.75. The summed E-state index contributed by atoms with van der Waals surface area (Å²) in [7, 11) is 0. The lowest BCUT2D eigenvalue weighted by molar-refractivity contribution is -0.135. The zero-order chi connectivity index (χ0) is 55.6. The van der Waals surface area contributed by atoms with Gasteiger partial charge in [-0.1, -0.05) is 84.9 Å². The third-order valence-electron chi connectivity index (χ3n) is 12.1. The van der Waals surface area contributed by atoms with E-state index in [-0.39, 0.29) is 81.5 Å². The second-order valence-corrected chi connectivity index (χ2v) is 18.1. The zero-order valence-electron chi connectivity index (χ0n) is 42.5. The first-order valence-corrected chi connectivity index (χ1v) is 24.9. The Balaban J connectivity index is 1.77. The molecule has 4 aromatic rings. The van der Waals surface area contributed by atoms with Crippen LogP contribution in [0.25, 0.3) is 0 Å². The fourth-order valence-electron chi connectivity index (χ4n) is 8.25. The molecular weight excluding hydrogens is 977 g/mol. The van der Waals surface area contributed by atoms with Crippen molar-refractivity contribution in [1.29, 1.82) is 0 Å². The third kappa shape index (κ3) is 20.6. The highest BCUT2D eigenvalue weighted by atomic mass is 16.3. The van der Waals surface area contributed by atoms with E-state index in [1.165, 1.54) is 55.5 Å². The van der Waals surface area contributed by atoms with Gasteiger partial charge in [0.05, 0.1) is 0 Å². The van der Waals surface area contributed by atoms with Gasteiger partial charge < -0.3 is 76.5 Å². The van der Waals surface area contributed by atoms with Crippen LogP contribution < -0.4 is 66.3 Å². The molecule has 0 bridgehead atoms. The SMILES string of the molecule is CC(=O)N[C@@H](CCCN=C(N)N)C(=O)N[C@@H](Cc1ccc(O)cc1)C(=O)N[C@@H](Cc1ccc(O)cc1)C(=O)N[C@@H](CCCN=C(N)N)C(=O)N[C@H](C(=O)N[C@@H](CCCCN)C(N)=O)C(c1ccccc1)c1ccccc1. The summed E-state index contributed by atoms with van der Waals surface area (Å²) in [4.78, 5) is 106. The Bertz CT molecular complexity index is 2540. The van der Waals surface area contributed by atoms with E-state index in [9.17, 15) is 43.8 Å². The number of benzene rings is 4. The fraction of sp³-hybridized carbons (Fsp3) is 0.377. The van der Waals surface area contributed by atoms with Crippen LogP contribution in [0.4, 0.5) is 0 Å². The molecule has 20 N–H and O–H groups in total. The van der Waals surface area contributed by atoms with Gasteiger partial charge in [0.1, 0.15) is 47.8 Å². The number of carbonyl (C=O) groups excluding carboxylic acids is 7. The van der Waals surface area contributed by atoms with Gasteiger partial charge in [0.2, 0.25) is 41.4 Å². The Morgan fingerprint density at radius 3 is 1.25 bits per heavy atom. The number of phenolic OH excluding ortho intramolecular Hbond substituents is 2. The van der Waals surface area contributed by atoms with Gasteiger partial charge in [0.25, 0.3) is 0 Å². The van der Waals surface area contributed by atoms with E-state index in [0.717, 1.165) is 0 Å². The molecule has 4 rings (SSSR count). The minimum atomic E-state index is -1.47. The van der Waals surface area contributed by atoms with Gasteiger partial charge >= 0.3 is 0 Å². The van der Waals surface area contributed by atoms with Gasteiger partial charge in [0.15, 0.2) is 11.9 Å². The summed E-state index contributed by atoms with van der Waals surface area (Å²) < 4.78 is 0. The number of hydrogen-bond donors (Lipinski definition) is 14. The third-order valence-corrected chi connectivity index (χ3v) is 12.1. The Morgan fingerprint density at radius 2 is 0.842 bits per heavy atom. The summed E-state index contributed by atoms with van der Waals surface area (Å²) >= 11 is 0. The number of nitrogens with zero attached hydrogens (tertiary/aromatic N) is 2. The van der Waals surface area contributed by atoms with Crippen LogP contribution in [0, 0.1) is 0 Å². The molecule has 0 saturated heterocycles. The number of aliphatic imine (C=N–C) groups is 2. The van der Waals surface area contributed by atoms with E-state index in [1.807, 2.05) is 0 Å². The molecule has 0 aliphatic carbocycles. The maximum atomic E-state index is 15.0. The average molecular weight is 1050 g/mol. The van der Waals surface area contributed by atoms with Crippen molar-refractivity contribution in [2.75, 3.05) is 19.6 Å². The van der Waals surface area contributed by atoms with Crippen LogP contribution in [0.1, 0.15) is 80.0 Å². The summed E-state index contributed by atoms with van der Waals surface area (Å²) in [6.07, 6.45) is 1.23. The summed E-state index contributed by atoms with van der Waals surface area (Å²) in [6, 6.07) is 21.5. The first-order valence-electron chi connectivity index (χ1n) is 24.9. The maximum Gasteiger partial charge on any atom is 0.244 e. The van der Waals surface area contributed by atoms with Gasteiger partial charge in [-0.25, -0.2) is 0 Å². The van der Waals surface area contributed by atoms with Crippen molar-refractivity contribution in [1.82, 2.24) is 31.9 Å². The van der Waals surface area contributed by atoms with Gasteiger partial charge in [-0.2, -0.15) is 0 Å². The van der Waals surface area contributed by atoms with E-state index in [2.05, 4.69) is 41.9 Å². The minimum Gasteiger partial charge on any atom is -0.508 e. The molecule has 0 aliphatic rings. The molecule has 76 heavy (non-hydrogen) atoms. The second kappa shape index (κ2) is 31.1. The van der Waals surface area contributed by atoms with E-state index < -0.39 is 83.5 Å². The second-order valence-electron chi connectivity index (χ2n) is 18.1. The molecule has 408 valence electrons. The van der Waals surface area contributed by atoms with Crippen molar-refractivity contribution in [3.8, 4) is 11.5 Å². The molecule has 23 heteroatoms. The Morgan fingerprint density at radius 1 is 0.461 bits per heavy atom. The van der Waals surface area contributed by atoms with E-state index in [0.29, 0.717) is 41.6 Å². The molecule has 0 spiro atoms. The number of rotatable bonds is 31. The lowest BCUT2D eigenvalue weighted by Crippen LogP contribution is -2.61. The van der Waals surface area contributed by atoms with Crippen LogP contribution in [0.5, 0.6) is 11.5 Å². The monoisotopic (exact) mass is 1050 g/mol. The smallest absolute Gasteiger partial charge is 0.244 e. The van der Waals surface area contributed by atoms with Crippen LogP contribution in [0.3, 0.4) is 0 Å². The molecule has 6 atom stereocenters. The Kier molecular flexibility index (Phi) is 24.5. The number of nitrogens with one attached hydrogen (secondary N) is 6. The number of nitrogens with two attached hydrogens (primary N) is 6. The number of primary amides is 1. The standard InChI is InChI=1S/C53H72N14O9/c1-32(68)62-40(17-10-28-60-52(56)57)47(72)65-43(31-34-21-25-38(70)26-22-34)50(75)66-42(30-33-19-23-37(69)24-20-33)49(74)64-41(18-11-29-61-53(58)59)48(73)67-45(51(76)63-39(46(55)71)16-8-9-27-54)44(35-12-4-2-5-13-35)36-14-6-3-7-15-36/h2-7,12-15,19-26,39-45,69-70H,8-11,16-18,27-31,54H2,1H3,(H2,55,71)(H,62,68)(H,63,76)(H,64,74)(H,65,72)(H,66,75)(H,67,73)(H4,56,57,60)(H4,58,59,61)/t39-,40-,41-,42-,43-,45-/m0/s1. The highest BCUT2D eigenvalue weighted by Gasteiger charge is 2.37. The van der Waals surface area contributed by atoms with Crippen molar-refractivity contribution in [2.24, 2.45) is 44.4 Å². The van der Waals surface area contributed by atoms with Crippen molar-refractivity contribution >= 4 is 53.3 Å². The number of guanidine groups is 2. The molecule has 0 unspecified atom stereocenters. The number of aromatic hydroxyl groups is 2. The predicted molar refractivity (Wildman–Crippen MR) is 288 cm³/mol. The Labute approximate surface area is 441 Å². The van der Waals surface area contributed by atoms with Crippen LogP contribution in [-0.2, 0) is 46.4 Å². The molecule has 0 heterocycles. The van der Waals surface area contributed by atoms with Crippen LogP contribution in [0.2, 0.25) is 0 Å². The van der Waals surface area contributed by atoms with E-state index in [1.54, 1.807) is 60.7 Å². The quantitative estimate of drug-likeness (QED) is 0.0170. The predicted octanol–water partition coefficient (Wildman–Crippen LogP) is -0.635. The first kappa shape index (κ1) is 59.8. The summed E-state index contributed by atoms with van der Waals surface area (Å²) in [5.41, 5.74) is 35.9. The van der Waals surface area contributed by atoms with Crippen molar-refractivity contribution in [2.45, 2.75) is 107 Å². The fourth-order valence-corrected chi connectivity index (χ4v) is 8.25.